The molecule has 0 aliphatic rings. The van der Waals surface area contributed by atoms with Gasteiger partial charge in [0.05, 0.1) is 19.2 Å². The van der Waals surface area contributed by atoms with E-state index in [4.69, 9.17) is 9.47 Å². The highest BCUT2D eigenvalue weighted by Gasteiger charge is 2.07. The molecule has 3 aromatic carbocycles. The monoisotopic (exact) mass is 422 g/mol. The molecule has 0 amide bonds. The summed E-state index contributed by atoms with van der Waals surface area (Å²) in [5, 5.41) is 3.28. The summed E-state index contributed by atoms with van der Waals surface area (Å²) in [5.41, 5.74) is 2.82. The summed E-state index contributed by atoms with van der Waals surface area (Å²) in [6.45, 7) is 0.812. The number of pyridine rings is 2. The van der Waals surface area contributed by atoms with Gasteiger partial charge in [-0.05, 0) is 52.2 Å². The number of benzene rings is 3. The fourth-order valence-electron chi connectivity index (χ4n) is 3.85. The van der Waals surface area contributed by atoms with E-state index in [-0.39, 0.29) is 5.56 Å². The van der Waals surface area contributed by atoms with Crippen LogP contribution in [0.2, 0.25) is 0 Å². The second kappa shape index (κ2) is 8.55. The SMILES string of the molecule is COc1ccc2c(OCCn3cc(-c4ccc5ccccc5c4)ccc3=O)ccnc2c1. The van der Waals surface area contributed by atoms with Gasteiger partial charge in [0.25, 0.3) is 5.56 Å². The molecule has 0 bridgehead atoms. The van der Waals surface area contributed by atoms with Gasteiger partial charge in [-0.2, -0.15) is 0 Å². The smallest absolute Gasteiger partial charge is 0.250 e. The molecule has 0 spiro atoms. The average molecular weight is 422 g/mol. The van der Waals surface area contributed by atoms with Crippen LogP contribution in [0.25, 0.3) is 32.8 Å². The lowest BCUT2D eigenvalue weighted by atomic mass is 10.0. The first-order chi connectivity index (χ1) is 15.7. The van der Waals surface area contributed by atoms with Gasteiger partial charge in [-0.25, -0.2) is 0 Å². The molecule has 5 heteroatoms. The predicted molar refractivity (Wildman–Crippen MR) is 127 cm³/mol. The van der Waals surface area contributed by atoms with Crippen LogP contribution in [-0.2, 0) is 6.54 Å². The van der Waals surface area contributed by atoms with Crippen molar-refractivity contribution in [2.45, 2.75) is 6.54 Å². The van der Waals surface area contributed by atoms with E-state index in [0.717, 1.165) is 33.5 Å². The molecule has 5 nitrogen and oxygen atoms in total. The van der Waals surface area contributed by atoms with E-state index in [1.165, 1.54) is 10.8 Å². The molecule has 2 aromatic heterocycles. The van der Waals surface area contributed by atoms with Crippen molar-refractivity contribution in [3.05, 3.63) is 102 Å². The minimum absolute atomic E-state index is 0.0533. The zero-order valence-electron chi connectivity index (χ0n) is 17.7. The molecule has 0 aliphatic heterocycles. The van der Waals surface area contributed by atoms with E-state index < -0.39 is 0 Å². The number of nitrogens with zero attached hydrogens (tertiary/aromatic N) is 2. The topological polar surface area (TPSA) is 53.4 Å². The highest BCUT2D eigenvalue weighted by atomic mass is 16.5. The van der Waals surface area contributed by atoms with Crippen LogP contribution in [-0.4, -0.2) is 23.3 Å². The Bertz CT molecular complexity index is 1470. The molecule has 158 valence electrons. The van der Waals surface area contributed by atoms with Crippen molar-refractivity contribution in [1.82, 2.24) is 9.55 Å². The summed E-state index contributed by atoms with van der Waals surface area (Å²) in [6, 6.07) is 25.6. The number of rotatable bonds is 6. The fraction of sp³-hybridized carbons (Fsp3) is 0.111. The molecule has 0 fully saturated rings. The van der Waals surface area contributed by atoms with Crippen molar-refractivity contribution in [3.8, 4) is 22.6 Å². The van der Waals surface area contributed by atoms with Gasteiger partial charge >= 0.3 is 0 Å². The number of methoxy groups -OCH3 is 1. The van der Waals surface area contributed by atoms with Crippen molar-refractivity contribution in [2.75, 3.05) is 13.7 Å². The molecule has 0 saturated heterocycles. The van der Waals surface area contributed by atoms with Gasteiger partial charge in [-0.15, -0.1) is 0 Å². The van der Waals surface area contributed by atoms with Crippen molar-refractivity contribution in [1.29, 1.82) is 0 Å². The second-order valence-corrected chi connectivity index (χ2v) is 7.55. The van der Waals surface area contributed by atoms with Crippen LogP contribution in [0.1, 0.15) is 0 Å². The Labute approximate surface area is 185 Å². The molecule has 0 unspecified atom stereocenters. The third kappa shape index (κ3) is 3.93. The van der Waals surface area contributed by atoms with Crippen LogP contribution in [0.4, 0.5) is 0 Å². The molecule has 0 radical (unpaired) electrons. The Morgan fingerprint density at radius 3 is 2.59 bits per heavy atom. The molecule has 0 N–H and O–H groups in total. The quantitative estimate of drug-likeness (QED) is 0.372. The molecule has 5 aromatic rings. The van der Waals surface area contributed by atoms with Crippen molar-refractivity contribution >= 4 is 21.7 Å². The van der Waals surface area contributed by atoms with E-state index >= 15 is 0 Å². The average Bonchev–Trinajstić information content (AvgIpc) is 2.84. The summed E-state index contributed by atoms with van der Waals surface area (Å²) >= 11 is 0. The number of fused-ring (bicyclic) bond motifs is 2. The Kier molecular flexibility index (Phi) is 5.30. The minimum atomic E-state index is -0.0533. The van der Waals surface area contributed by atoms with Gasteiger partial charge in [0, 0.05) is 29.9 Å². The molecular formula is C27H22N2O3. The largest absolute Gasteiger partial charge is 0.497 e. The fourth-order valence-corrected chi connectivity index (χ4v) is 3.85. The predicted octanol–water partition coefficient (Wildman–Crippen LogP) is 5.30. The van der Waals surface area contributed by atoms with Crippen LogP contribution in [0.15, 0.2) is 96.1 Å². The molecule has 32 heavy (non-hydrogen) atoms. The number of hydrogen-bond acceptors (Lipinski definition) is 4. The lowest BCUT2D eigenvalue weighted by Gasteiger charge is -2.12. The summed E-state index contributed by atoms with van der Waals surface area (Å²) < 4.78 is 13.0. The molecule has 0 atom stereocenters. The third-order valence-electron chi connectivity index (χ3n) is 5.57. The first-order valence-corrected chi connectivity index (χ1v) is 10.5. The Balaban J connectivity index is 1.36. The summed E-state index contributed by atoms with van der Waals surface area (Å²) in [6.07, 6.45) is 3.61. The van der Waals surface area contributed by atoms with E-state index in [1.54, 1.807) is 23.9 Å². The molecule has 2 heterocycles. The summed E-state index contributed by atoms with van der Waals surface area (Å²) in [4.78, 5) is 16.8. The van der Waals surface area contributed by atoms with E-state index in [0.29, 0.717) is 13.2 Å². The highest BCUT2D eigenvalue weighted by Crippen LogP contribution is 2.27. The van der Waals surface area contributed by atoms with Gasteiger partial charge in [-0.3, -0.25) is 9.78 Å². The maximum atomic E-state index is 12.4. The van der Waals surface area contributed by atoms with Crippen LogP contribution in [0, 0.1) is 0 Å². The zero-order valence-corrected chi connectivity index (χ0v) is 17.7. The van der Waals surface area contributed by atoms with Gasteiger partial charge < -0.3 is 14.0 Å². The second-order valence-electron chi connectivity index (χ2n) is 7.55. The standard InChI is InChI=1S/C27H22N2O3/c1-31-23-9-10-24-25(17-23)28-13-12-26(24)32-15-14-29-18-22(8-11-27(29)30)21-7-6-19-4-2-3-5-20(19)16-21/h2-13,16-18H,14-15H2,1H3. The normalized spacial score (nSPS) is 11.0. The van der Waals surface area contributed by atoms with Gasteiger partial charge in [0.15, 0.2) is 0 Å². The number of hydrogen-bond donors (Lipinski definition) is 0. The Hall–Kier alpha value is -4.12. The van der Waals surface area contributed by atoms with Crippen LogP contribution < -0.4 is 15.0 Å². The molecular weight excluding hydrogens is 400 g/mol. The summed E-state index contributed by atoms with van der Waals surface area (Å²) in [5.74, 6) is 1.48. The molecule has 0 saturated carbocycles. The first kappa shape index (κ1) is 19.8. The van der Waals surface area contributed by atoms with Gasteiger partial charge in [0.2, 0.25) is 0 Å². The maximum absolute atomic E-state index is 12.4. The Morgan fingerprint density at radius 2 is 1.72 bits per heavy atom. The van der Waals surface area contributed by atoms with Gasteiger partial charge in [-0.1, -0.05) is 36.4 Å². The summed E-state index contributed by atoms with van der Waals surface area (Å²) in [7, 11) is 1.63. The van der Waals surface area contributed by atoms with E-state index in [9.17, 15) is 4.79 Å². The van der Waals surface area contributed by atoms with Gasteiger partial charge in [0.1, 0.15) is 18.1 Å². The van der Waals surface area contributed by atoms with Crippen LogP contribution >= 0.6 is 0 Å². The minimum Gasteiger partial charge on any atom is -0.497 e. The Morgan fingerprint density at radius 1 is 0.875 bits per heavy atom. The van der Waals surface area contributed by atoms with Crippen LogP contribution in [0.3, 0.4) is 0 Å². The zero-order chi connectivity index (χ0) is 21.9. The lowest BCUT2D eigenvalue weighted by Crippen LogP contribution is -2.21. The van der Waals surface area contributed by atoms with E-state index in [2.05, 4.69) is 35.3 Å². The van der Waals surface area contributed by atoms with Crippen LogP contribution in [0.5, 0.6) is 11.5 Å². The lowest BCUT2D eigenvalue weighted by molar-refractivity contribution is 0.299. The van der Waals surface area contributed by atoms with Crippen molar-refractivity contribution < 1.29 is 9.47 Å². The first-order valence-electron chi connectivity index (χ1n) is 10.5. The highest BCUT2D eigenvalue weighted by molar-refractivity contribution is 5.87. The molecule has 5 rings (SSSR count). The maximum Gasteiger partial charge on any atom is 0.250 e. The molecule has 0 aliphatic carbocycles. The van der Waals surface area contributed by atoms with E-state index in [1.807, 2.05) is 48.7 Å². The number of aromatic nitrogens is 2. The van der Waals surface area contributed by atoms with Crippen molar-refractivity contribution in [3.63, 3.8) is 0 Å². The third-order valence-corrected chi connectivity index (χ3v) is 5.57. The number of ether oxygens (including phenoxy) is 2. The van der Waals surface area contributed by atoms with Crippen molar-refractivity contribution in [2.24, 2.45) is 0 Å².